The van der Waals surface area contributed by atoms with Gasteiger partial charge in [0.25, 0.3) is 0 Å². The van der Waals surface area contributed by atoms with Gasteiger partial charge in [-0.3, -0.25) is 9.59 Å². The van der Waals surface area contributed by atoms with Gasteiger partial charge in [-0.05, 0) is 54.1 Å². The van der Waals surface area contributed by atoms with Crippen molar-refractivity contribution in [3.05, 3.63) is 84.4 Å². The quantitative estimate of drug-likeness (QED) is 0.518. The summed E-state index contributed by atoms with van der Waals surface area (Å²) in [6.07, 6.45) is 0.106. The number of benzene rings is 3. The molecule has 1 atom stereocenters. The molecule has 182 valence electrons. The van der Waals surface area contributed by atoms with Crippen LogP contribution < -0.4 is 15.0 Å². The Balaban J connectivity index is 1.38. The van der Waals surface area contributed by atoms with E-state index in [9.17, 15) is 18.0 Å². The second kappa shape index (κ2) is 10.3. The largest absolute Gasteiger partial charge is 0.497 e. The van der Waals surface area contributed by atoms with Gasteiger partial charge in [-0.25, -0.2) is 8.42 Å². The number of anilines is 2. The summed E-state index contributed by atoms with van der Waals surface area (Å²) in [5, 5.41) is 2.80. The van der Waals surface area contributed by atoms with Crippen LogP contribution in [-0.4, -0.2) is 45.2 Å². The molecule has 9 heteroatoms. The van der Waals surface area contributed by atoms with Crippen molar-refractivity contribution in [2.45, 2.75) is 17.9 Å². The maximum atomic E-state index is 12.9. The van der Waals surface area contributed by atoms with Crippen molar-refractivity contribution in [2.24, 2.45) is 5.92 Å². The number of methoxy groups -OCH3 is 1. The van der Waals surface area contributed by atoms with E-state index in [1.165, 1.54) is 23.5 Å². The highest BCUT2D eigenvalue weighted by atomic mass is 32.2. The molecular formula is C26H27N3O5S. The number of carbonyl (C=O) groups is 2. The Bertz CT molecular complexity index is 1290. The second-order valence-electron chi connectivity index (χ2n) is 8.36. The van der Waals surface area contributed by atoms with E-state index in [1.54, 1.807) is 48.4 Å². The van der Waals surface area contributed by atoms with Crippen molar-refractivity contribution in [3.63, 3.8) is 0 Å². The first kappa shape index (κ1) is 24.4. The highest BCUT2D eigenvalue weighted by Crippen LogP contribution is 2.28. The predicted molar refractivity (Wildman–Crippen MR) is 134 cm³/mol. The van der Waals surface area contributed by atoms with Crippen molar-refractivity contribution in [3.8, 4) is 5.75 Å². The van der Waals surface area contributed by atoms with E-state index in [-0.39, 0.29) is 36.2 Å². The van der Waals surface area contributed by atoms with Crippen molar-refractivity contribution < 1.29 is 22.7 Å². The lowest BCUT2D eigenvalue weighted by Crippen LogP contribution is -2.28. The number of ether oxygens (including phenoxy) is 1. The molecule has 35 heavy (non-hydrogen) atoms. The molecule has 3 aromatic rings. The lowest BCUT2D eigenvalue weighted by molar-refractivity contribution is -0.122. The average molecular weight is 494 g/mol. The summed E-state index contributed by atoms with van der Waals surface area (Å²) in [7, 11) is -0.586. The van der Waals surface area contributed by atoms with E-state index in [4.69, 9.17) is 4.74 Å². The summed E-state index contributed by atoms with van der Waals surface area (Å²) in [6, 6.07) is 22.5. The Morgan fingerprint density at radius 3 is 2.31 bits per heavy atom. The summed E-state index contributed by atoms with van der Waals surface area (Å²) in [5.41, 5.74) is 2.06. The normalized spacial score (nSPS) is 15.9. The highest BCUT2D eigenvalue weighted by molar-refractivity contribution is 7.89. The first-order chi connectivity index (χ1) is 16.8. The smallest absolute Gasteiger partial charge is 0.243 e. The number of hydrogen-bond acceptors (Lipinski definition) is 5. The number of nitrogens with one attached hydrogen (secondary N) is 1. The lowest BCUT2D eigenvalue weighted by atomic mass is 10.1. The van der Waals surface area contributed by atoms with Gasteiger partial charge in [0.2, 0.25) is 21.8 Å². The van der Waals surface area contributed by atoms with Gasteiger partial charge in [0.1, 0.15) is 5.75 Å². The monoisotopic (exact) mass is 493 g/mol. The molecule has 4 rings (SSSR count). The number of sulfonamides is 1. The molecule has 1 heterocycles. The first-order valence-electron chi connectivity index (χ1n) is 11.1. The van der Waals surface area contributed by atoms with Crippen LogP contribution in [-0.2, 0) is 26.2 Å². The zero-order valence-corrected chi connectivity index (χ0v) is 20.4. The van der Waals surface area contributed by atoms with Crippen molar-refractivity contribution in [1.29, 1.82) is 0 Å². The molecule has 0 saturated carbocycles. The average Bonchev–Trinajstić information content (AvgIpc) is 3.26. The zero-order chi connectivity index (χ0) is 25.0. The fourth-order valence-electron chi connectivity index (χ4n) is 3.95. The molecule has 1 fully saturated rings. The topological polar surface area (TPSA) is 96.0 Å². The Labute approximate surface area is 205 Å². The predicted octanol–water partition coefficient (Wildman–Crippen LogP) is 3.51. The van der Waals surface area contributed by atoms with Gasteiger partial charge < -0.3 is 15.0 Å². The third-order valence-electron chi connectivity index (χ3n) is 5.96. The van der Waals surface area contributed by atoms with Gasteiger partial charge in [-0.1, -0.05) is 30.3 Å². The van der Waals surface area contributed by atoms with Gasteiger partial charge in [-0.2, -0.15) is 4.31 Å². The van der Waals surface area contributed by atoms with Gasteiger partial charge in [0.05, 0.1) is 17.9 Å². The fraction of sp³-hybridized carbons (Fsp3) is 0.231. The maximum absolute atomic E-state index is 12.9. The summed E-state index contributed by atoms with van der Waals surface area (Å²) in [6.45, 7) is 0.524. The van der Waals surface area contributed by atoms with Crippen LogP contribution in [0.25, 0.3) is 0 Å². The minimum absolute atomic E-state index is 0.106. The Kier molecular flexibility index (Phi) is 7.18. The van der Waals surface area contributed by atoms with E-state index in [2.05, 4.69) is 5.32 Å². The molecule has 3 aromatic carbocycles. The van der Waals surface area contributed by atoms with Crippen LogP contribution in [0.1, 0.15) is 12.0 Å². The molecule has 1 aliphatic heterocycles. The number of rotatable bonds is 8. The fourth-order valence-corrected chi connectivity index (χ4v) is 5.11. The van der Waals surface area contributed by atoms with Crippen LogP contribution >= 0.6 is 0 Å². The molecule has 2 amide bonds. The molecule has 1 saturated heterocycles. The van der Waals surface area contributed by atoms with Crippen LogP contribution in [0.3, 0.4) is 0 Å². The molecule has 0 bridgehead atoms. The molecule has 0 unspecified atom stereocenters. The summed E-state index contributed by atoms with van der Waals surface area (Å²) < 4.78 is 32.3. The van der Waals surface area contributed by atoms with Crippen molar-refractivity contribution in [2.75, 3.05) is 30.9 Å². The molecule has 0 radical (unpaired) electrons. The second-order valence-corrected chi connectivity index (χ2v) is 10.4. The Hall–Kier alpha value is -3.69. The van der Waals surface area contributed by atoms with Gasteiger partial charge in [0.15, 0.2) is 0 Å². The standard InChI is InChI=1S/C26H27N3O5S/c1-28(17-19-6-4-3-5-7-19)35(32,33)24-14-8-21(9-15-24)27-26(31)20-16-25(30)29(18-20)22-10-12-23(34-2)13-11-22/h3-15,20H,16-18H2,1-2H3,(H,27,31)/t20-/m0/s1. The highest BCUT2D eigenvalue weighted by Gasteiger charge is 2.35. The Morgan fingerprint density at radius 1 is 1.03 bits per heavy atom. The van der Waals surface area contributed by atoms with E-state index in [0.29, 0.717) is 17.1 Å². The molecule has 1 aliphatic rings. The number of nitrogens with zero attached hydrogens (tertiary/aromatic N) is 2. The first-order valence-corrected chi connectivity index (χ1v) is 12.6. The third kappa shape index (κ3) is 5.52. The van der Waals surface area contributed by atoms with Crippen molar-refractivity contribution in [1.82, 2.24) is 4.31 Å². The Morgan fingerprint density at radius 2 is 1.69 bits per heavy atom. The van der Waals surface area contributed by atoms with E-state index in [1.807, 2.05) is 30.3 Å². The van der Waals surface area contributed by atoms with E-state index >= 15 is 0 Å². The van der Waals surface area contributed by atoms with Crippen LogP contribution in [0.4, 0.5) is 11.4 Å². The molecule has 0 aromatic heterocycles. The van der Waals surface area contributed by atoms with E-state index in [0.717, 1.165) is 5.56 Å². The summed E-state index contributed by atoms with van der Waals surface area (Å²) in [4.78, 5) is 27.0. The SMILES string of the molecule is COc1ccc(N2C[C@@H](C(=O)Nc3ccc(S(=O)(=O)N(C)Cc4ccccc4)cc3)CC2=O)cc1. The minimum atomic E-state index is -3.69. The van der Waals surface area contributed by atoms with Crippen LogP contribution in [0.5, 0.6) is 5.75 Å². The van der Waals surface area contributed by atoms with Crippen LogP contribution in [0.15, 0.2) is 83.8 Å². The van der Waals surface area contributed by atoms with Gasteiger partial charge in [0, 0.05) is 37.9 Å². The lowest BCUT2D eigenvalue weighted by Gasteiger charge is -2.18. The molecule has 1 N–H and O–H groups in total. The van der Waals surface area contributed by atoms with E-state index < -0.39 is 15.9 Å². The van der Waals surface area contributed by atoms with Crippen LogP contribution in [0, 0.1) is 5.92 Å². The number of hydrogen-bond donors (Lipinski definition) is 1. The maximum Gasteiger partial charge on any atom is 0.243 e. The van der Waals surface area contributed by atoms with Crippen molar-refractivity contribution >= 4 is 33.2 Å². The third-order valence-corrected chi connectivity index (χ3v) is 7.78. The molecule has 0 spiro atoms. The molecule has 0 aliphatic carbocycles. The van der Waals surface area contributed by atoms with Gasteiger partial charge >= 0.3 is 0 Å². The molecular weight excluding hydrogens is 466 g/mol. The zero-order valence-electron chi connectivity index (χ0n) is 19.5. The van der Waals surface area contributed by atoms with Gasteiger partial charge in [-0.15, -0.1) is 0 Å². The summed E-state index contributed by atoms with van der Waals surface area (Å²) in [5.74, 6) is -0.235. The summed E-state index contributed by atoms with van der Waals surface area (Å²) >= 11 is 0. The molecule has 8 nitrogen and oxygen atoms in total. The number of carbonyl (C=O) groups excluding carboxylic acids is 2. The van der Waals surface area contributed by atoms with Crippen LogP contribution in [0.2, 0.25) is 0 Å². The minimum Gasteiger partial charge on any atom is -0.497 e. The number of amides is 2.